The zero-order valence-electron chi connectivity index (χ0n) is 13.6. The zero-order chi connectivity index (χ0) is 16.4. The lowest BCUT2D eigenvalue weighted by atomic mass is 10.0. The van der Waals surface area contributed by atoms with Gasteiger partial charge in [-0.2, -0.15) is 4.98 Å². The number of amides is 1. The first-order chi connectivity index (χ1) is 11.0. The normalized spacial score (nSPS) is 22.0. The number of hydrogen-bond donors (Lipinski definition) is 1. The van der Waals surface area contributed by atoms with Gasteiger partial charge in [0, 0.05) is 12.2 Å². The van der Waals surface area contributed by atoms with Gasteiger partial charge in [0.25, 0.3) is 5.91 Å². The third-order valence-corrected chi connectivity index (χ3v) is 4.24. The molecular formula is C17H21N3O3. The molecular weight excluding hydrogens is 294 g/mol. The van der Waals surface area contributed by atoms with Crippen LogP contribution in [0.5, 0.6) is 0 Å². The van der Waals surface area contributed by atoms with Crippen molar-refractivity contribution in [2.75, 3.05) is 6.61 Å². The molecule has 1 saturated heterocycles. The third kappa shape index (κ3) is 3.12. The van der Waals surface area contributed by atoms with Gasteiger partial charge < -0.3 is 14.6 Å². The van der Waals surface area contributed by atoms with Gasteiger partial charge in [0.2, 0.25) is 11.7 Å². The molecule has 2 aromatic rings. The van der Waals surface area contributed by atoms with E-state index in [4.69, 9.17) is 9.26 Å². The van der Waals surface area contributed by atoms with Crippen LogP contribution in [-0.2, 0) is 9.53 Å². The Labute approximate surface area is 135 Å². The SMILES string of the molecule is Cc1ccccc1-c1noc([C@H](C)NC(=O)[C@@]2(C)CCCO2)n1. The van der Waals surface area contributed by atoms with Gasteiger partial charge in [-0.15, -0.1) is 0 Å². The summed E-state index contributed by atoms with van der Waals surface area (Å²) in [5.41, 5.74) is 1.24. The summed E-state index contributed by atoms with van der Waals surface area (Å²) in [6.07, 6.45) is 1.63. The molecule has 1 aromatic heterocycles. The first-order valence-electron chi connectivity index (χ1n) is 7.84. The van der Waals surface area contributed by atoms with E-state index in [0.29, 0.717) is 18.3 Å². The van der Waals surface area contributed by atoms with E-state index in [1.807, 2.05) is 45.0 Å². The molecule has 2 atom stereocenters. The highest BCUT2D eigenvalue weighted by molar-refractivity contribution is 5.85. The fourth-order valence-electron chi connectivity index (χ4n) is 2.71. The highest BCUT2D eigenvalue weighted by Crippen LogP contribution is 2.27. The van der Waals surface area contributed by atoms with Crippen molar-refractivity contribution in [3.63, 3.8) is 0 Å². The van der Waals surface area contributed by atoms with Crippen LogP contribution >= 0.6 is 0 Å². The van der Waals surface area contributed by atoms with Crippen LogP contribution in [0, 0.1) is 6.92 Å². The van der Waals surface area contributed by atoms with Crippen LogP contribution < -0.4 is 5.32 Å². The maximum atomic E-state index is 12.4. The number of carbonyl (C=O) groups excluding carboxylic acids is 1. The average Bonchev–Trinajstić information content (AvgIpc) is 3.17. The number of hydrogen-bond acceptors (Lipinski definition) is 5. The molecule has 1 aromatic carbocycles. The minimum atomic E-state index is -0.757. The molecule has 23 heavy (non-hydrogen) atoms. The van der Waals surface area contributed by atoms with Gasteiger partial charge in [0.1, 0.15) is 11.6 Å². The Morgan fingerprint density at radius 3 is 2.87 bits per heavy atom. The van der Waals surface area contributed by atoms with Crippen molar-refractivity contribution < 1.29 is 14.1 Å². The Balaban J connectivity index is 1.73. The molecule has 1 aliphatic rings. The number of nitrogens with zero attached hydrogens (tertiary/aromatic N) is 2. The van der Waals surface area contributed by atoms with Gasteiger partial charge >= 0.3 is 0 Å². The van der Waals surface area contributed by atoms with Crippen LogP contribution in [0.4, 0.5) is 0 Å². The van der Waals surface area contributed by atoms with Crippen molar-refractivity contribution >= 4 is 5.91 Å². The summed E-state index contributed by atoms with van der Waals surface area (Å²) < 4.78 is 10.9. The third-order valence-electron chi connectivity index (χ3n) is 4.24. The standard InChI is InChI=1S/C17H21N3O3/c1-11-7-4-5-8-13(11)14-19-15(23-20-14)12(2)18-16(21)17(3)9-6-10-22-17/h4-5,7-8,12H,6,9-10H2,1-3H3,(H,18,21)/t12-,17+/m0/s1. The molecule has 1 amide bonds. The molecule has 2 heterocycles. The minimum Gasteiger partial charge on any atom is -0.365 e. The van der Waals surface area contributed by atoms with E-state index in [-0.39, 0.29) is 11.9 Å². The molecule has 1 fully saturated rings. The first kappa shape index (κ1) is 15.7. The summed E-state index contributed by atoms with van der Waals surface area (Å²) >= 11 is 0. The van der Waals surface area contributed by atoms with Gasteiger partial charge in [-0.25, -0.2) is 0 Å². The van der Waals surface area contributed by atoms with Crippen molar-refractivity contribution in [1.82, 2.24) is 15.5 Å². The Morgan fingerprint density at radius 2 is 2.17 bits per heavy atom. The van der Waals surface area contributed by atoms with E-state index in [0.717, 1.165) is 24.0 Å². The largest absolute Gasteiger partial charge is 0.365 e. The number of aryl methyl sites for hydroxylation is 1. The van der Waals surface area contributed by atoms with E-state index >= 15 is 0 Å². The van der Waals surface area contributed by atoms with E-state index in [2.05, 4.69) is 15.5 Å². The first-order valence-corrected chi connectivity index (χ1v) is 7.84. The van der Waals surface area contributed by atoms with Gasteiger partial charge in [-0.1, -0.05) is 29.4 Å². The van der Waals surface area contributed by atoms with Gasteiger partial charge in [-0.3, -0.25) is 4.79 Å². The number of carbonyl (C=O) groups is 1. The Bertz CT molecular complexity index is 705. The van der Waals surface area contributed by atoms with Crippen molar-refractivity contribution in [3.05, 3.63) is 35.7 Å². The summed E-state index contributed by atoms with van der Waals surface area (Å²) in [4.78, 5) is 16.8. The van der Waals surface area contributed by atoms with Crippen molar-refractivity contribution in [2.24, 2.45) is 0 Å². The Kier molecular flexibility index (Phi) is 4.17. The Hall–Kier alpha value is -2.21. The molecule has 1 N–H and O–H groups in total. The highest BCUT2D eigenvalue weighted by Gasteiger charge is 2.38. The summed E-state index contributed by atoms with van der Waals surface area (Å²) in [6.45, 7) is 6.26. The minimum absolute atomic E-state index is 0.141. The molecule has 1 aliphatic heterocycles. The quantitative estimate of drug-likeness (QED) is 0.938. The molecule has 0 unspecified atom stereocenters. The topological polar surface area (TPSA) is 77.2 Å². The molecule has 0 bridgehead atoms. The lowest BCUT2D eigenvalue weighted by Gasteiger charge is -2.23. The number of benzene rings is 1. The van der Waals surface area contributed by atoms with Gasteiger partial charge in [0.15, 0.2) is 0 Å². The van der Waals surface area contributed by atoms with E-state index in [9.17, 15) is 4.79 Å². The molecule has 0 aliphatic carbocycles. The number of aromatic nitrogens is 2. The van der Waals surface area contributed by atoms with Gasteiger partial charge in [-0.05, 0) is 39.2 Å². The van der Waals surface area contributed by atoms with Crippen LogP contribution in [0.3, 0.4) is 0 Å². The predicted octanol–water partition coefficient (Wildman–Crippen LogP) is 2.79. The number of rotatable bonds is 4. The molecule has 6 nitrogen and oxygen atoms in total. The summed E-state index contributed by atoms with van der Waals surface area (Å²) in [5, 5.41) is 6.92. The maximum absolute atomic E-state index is 12.4. The van der Waals surface area contributed by atoms with Crippen LogP contribution in [0.15, 0.2) is 28.8 Å². The number of nitrogens with one attached hydrogen (secondary N) is 1. The zero-order valence-corrected chi connectivity index (χ0v) is 13.6. The van der Waals surface area contributed by atoms with E-state index in [1.165, 1.54) is 0 Å². The summed E-state index contributed by atoms with van der Waals surface area (Å²) in [6, 6.07) is 7.47. The van der Waals surface area contributed by atoms with Crippen molar-refractivity contribution in [3.8, 4) is 11.4 Å². The van der Waals surface area contributed by atoms with E-state index in [1.54, 1.807) is 0 Å². The molecule has 122 valence electrons. The predicted molar refractivity (Wildman–Crippen MR) is 84.6 cm³/mol. The Morgan fingerprint density at radius 1 is 1.39 bits per heavy atom. The monoisotopic (exact) mass is 315 g/mol. The van der Waals surface area contributed by atoms with Crippen LogP contribution in [0.25, 0.3) is 11.4 Å². The lowest BCUT2D eigenvalue weighted by Crippen LogP contribution is -2.44. The average molecular weight is 315 g/mol. The second-order valence-corrected chi connectivity index (χ2v) is 6.15. The second kappa shape index (κ2) is 6.12. The fraction of sp³-hybridized carbons (Fsp3) is 0.471. The van der Waals surface area contributed by atoms with Crippen molar-refractivity contribution in [1.29, 1.82) is 0 Å². The maximum Gasteiger partial charge on any atom is 0.252 e. The number of ether oxygens (including phenoxy) is 1. The van der Waals surface area contributed by atoms with Crippen LogP contribution in [-0.4, -0.2) is 28.3 Å². The second-order valence-electron chi connectivity index (χ2n) is 6.15. The lowest BCUT2D eigenvalue weighted by molar-refractivity contribution is -0.140. The highest BCUT2D eigenvalue weighted by atomic mass is 16.5. The van der Waals surface area contributed by atoms with Gasteiger partial charge in [0.05, 0.1) is 0 Å². The summed E-state index contributed by atoms with van der Waals surface area (Å²) in [5.74, 6) is 0.777. The van der Waals surface area contributed by atoms with Crippen molar-refractivity contribution in [2.45, 2.75) is 45.3 Å². The van der Waals surface area contributed by atoms with Crippen LogP contribution in [0.2, 0.25) is 0 Å². The summed E-state index contributed by atoms with van der Waals surface area (Å²) in [7, 11) is 0. The molecule has 0 saturated carbocycles. The smallest absolute Gasteiger partial charge is 0.252 e. The van der Waals surface area contributed by atoms with Crippen LogP contribution in [0.1, 0.15) is 44.2 Å². The fourth-order valence-corrected chi connectivity index (χ4v) is 2.71. The molecule has 3 rings (SSSR count). The van der Waals surface area contributed by atoms with E-state index < -0.39 is 5.60 Å². The molecule has 6 heteroatoms. The molecule has 0 spiro atoms. The molecule has 0 radical (unpaired) electrons.